The van der Waals surface area contributed by atoms with Crippen LogP contribution in [0.1, 0.15) is 34.6 Å². The highest BCUT2D eigenvalue weighted by Crippen LogP contribution is 2.19. The number of carbonyl (C=O) groups excluding carboxylic acids is 2. The van der Waals surface area contributed by atoms with Crippen LogP contribution < -0.4 is 16.2 Å². The minimum Gasteiger partial charge on any atom is -0.350 e. The molecule has 3 heterocycles. The Bertz CT molecular complexity index is 947. The maximum Gasteiger partial charge on any atom is 0.275 e. The van der Waals surface area contributed by atoms with E-state index in [9.17, 15) is 14.4 Å². The van der Waals surface area contributed by atoms with Gasteiger partial charge in [0.25, 0.3) is 5.56 Å². The molecule has 1 aliphatic heterocycles. The van der Waals surface area contributed by atoms with Crippen molar-refractivity contribution in [1.82, 2.24) is 14.9 Å². The van der Waals surface area contributed by atoms with E-state index in [0.717, 1.165) is 22.5 Å². The van der Waals surface area contributed by atoms with E-state index in [1.54, 1.807) is 6.92 Å². The van der Waals surface area contributed by atoms with Crippen LogP contribution in [0.15, 0.2) is 23.0 Å². The van der Waals surface area contributed by atoms with Crippen molar-refractivity contribution in [2.45, 2.75) is 46.7 Å². The maximum atomic E-state index is 12.6. The number of pyridine rings is 2. The van der Waals surface area contributed by atoms with Crippen molar-refractivity contribution in [3.8, 4) is 0 Å². The molecule has 0 aromatic carbocycles. The lowest BCUT2D eigenvalue weighted by molar-refractivity contribution is -0.122. The molecule has 0 aliphatic carbocycles. The molecule has 0 radical (unpaired) electrons. The van der Waals surface area contributed by atoms with E-state index < -0.39 is 0 Å². The van der Waals surface area contributed by atoms with E-state index in [2.05, 4.69) is 15.6 Å². The van der Waals surface area contributed by atoms with Crippen molar-refractivity contribution in [2.24, 2.45) is 0 Å². The monoisotopic (exact) mass is 354 g/mol. The van der Waals surface area contributed by atoms with Gasteiger partial charge >= 0.3 is 0 Å². The molecule has 136 valence electrons. The molecule has 0 atom stereocenters. The smallest absolute Gasteiger partial charge is 0.275 e. The molecule has 7 nitrogen and oxygen atoms in total. The molecule has 2 amide bonds. The Morgan fingerprint density at radius 1 is 1.23 bits per heavy atom. The summed E-state index contributed by atoms with van der Waals surface area (Å²) in [5.41, 5.74) is 4.21. The van der Waals surface area contributed by atoms with Crippen molar-refractivity contribution in [1.29, 1.82) is 0 Å². The van der Waals surface area contributed by atoms with Crippen molar-refractivity contribution in [2.75, 3.05) is 5.32 Å². The molecule has 7 heteroatoms. The number of hydrogen-bond donors (Lipinski definition) is 2. The number of aromatic nitrogens is 2. The molecule has 0 saturated carbocycles. The lowest BCUT2D eigenvalue weighted by atomic mass is 10.0. The average molecular weight is 354 g/mol. The molecular formula is C19H22N4O3. The quantitative estimate of drug-likeness (QED) is 0.867. The number of nitrogens with one attached hydrogen (secondary N) is 2. The van der Waals surface area contributed by atoms with Crippen molar-refractivity contribution >= 4 is 17.5 Å². The average Bonchev–Trinajstić information content (AvgIpc) is 2.58. The predicted molar refractivity (Wildman–Crippen MR) is 97.9 cm³/mol. The third kappa shape index (κ3) is 3.66. The Hall–Kier alpha value is -2.96. The van der Waals surface area contributed by atoms with Gasteiger partial charge in [-0.3, -0.25) is 19.4 Å². The number of nitrogens with zero attached hydrogens (tertiary/aromatic N) is 2. The fourth-order valence-corrected chi connectivity index (χ4v) is 3.11. The Labute approximate surface area is 151 Å². The van der Waals surface area contributed by atoms with Crippen molar-refractivity contribution < 1.29 is 9.59 Å². The second-order valence-corrected chi connectivity index (χ2v) is 6.60. The van der Waals surface area contributed by atoms with Crippen LogP contribution in [0.2, 0.25) is 0 Å². The van der Waals surface area contributed by atoms with E-state index in [-0.39, 0.29) is 23.9 Å². The van der Waals surface area contributed by atoms with Gasteiger partial charge in [-0.05, 0) is 50.5 Å². The number of amides is 2. The van der Waals surface area contributed by atoms with Crippen LogP contribution in [-0.2, 0) is 29.1 Å². The number of rotatable bonds is 4. The number of fused-ring (bicyclic) bond motifs is 1. The van der Waals surface area contributed by atoms with E-state index in [4.69, 9.17) is 0 Å². The van der Waals surface area contributed by atoms with Crippen molar-refractivity contribution in [3.63, 3.8) is 0 Å². The van der Waals surface area contributed by atoms with Gasteiger partial charge in [0.1, 0.15) is 12.2 Å². The standard InChI is InChI=1S/C19H22N4O3/c1-11-4-5-15(13(3)21-11)9-20-17(25)10-23-12(2)8-14-6-7-16(24)22-18(14)19(23)26/h4-5,8H,6-7,9-10H2,1-3H3,(H,20,25)(H,22,24). The molecule has 0 unspecified atom stereocenters. The Morgan fingerprint density at radius 2 is 2.00 bits per heavy atom. The van der Waals surface area contributed by atoms with Crippen LogP contribution in [0.5, 0.6) is 0 Å². The van der Waals surface area contributed by atoms with Gasteiger partial charge in [0.05, 0.1) is 0 Å². The highest BCUT2D eigenvalue weighted by atomic mass is 16.2. The first-order valence-corrected chi connectivity index (χ1v) is 8.58. The first-order chi connectivity index (χ1) is 12.3. The lowest BCUT2D eigenvalue weighted by Crippen LogP contribution is -2.36. The normalized spacial score (nSPS) is 13.1. The zero-order valence-electron chi connectivity index (χ0n) is 15.2. The van der Waals surface area contributed by atoms with Crippen LogP contribution in [0.3, 0.4) is 0 Å². The highest BCUT2D eigenvalue weighted by Gasteiger charge is 2.21. The molecule has 0 spiro atoms. The van der Waals surface area contributed by atoms with E-state index in [0.29, 0.717) is 30.8 Å². The summed E-state index contributed by atoms with van der Waals surface area (Å²) >= 11 is 0. The van der Waals surface area contributed by atoms with E-state index in [1.807, 2.05) is 32.0 Å². The molecule has 2 aromatic rings. The molecule has 0 fully saturated rings. The van der Waals surface area contributed by atoms with Gasteiger partial charge in [-0.15, -0.1) is 0 Å². The zero-order chi connectivity index (χ0) is 18.8. The van der Waals surface area contributed by atoms with Crippen LogP contribution in [-0.4, -0.2) is 21.4 Å². The third-order valence-electron chi connectivity index (χ3n) is 4.59. The summed E-state index contributed by atoms with van der Waals surface area (Å²) < 4.78 is 1.39. The predicted octanol–water partition coefficient (Wildman–Crippen LogP) is 1.37. The SMILES string of the molecule is Cc1ccc(CNC(=O)Cn2c(C)cc3c(c2=O)NC(=O)CC3)c(C)n1. The summed E-state index contributed by atoms with van der Waals surface area (Å²) in [7, 11) is 0. The number of carbonyl (C=O) groups is 2. The number of hydrogen-bond acceptors (Lipinski definition) is 4. The molecular weight excluding hydrogens is 332 g/mol. The lowest BCUT2D eigenvalue weighted by Gasteiger charge is -2.19. The largest absolute Gasteiger partial charge is 0.350 e. The first kappa shape index (κ1) is 17.8. The summed E-state index contributed by atoms with van der Waals surface area (Å²) in [4.78, 5) is 40.9. The highest BCUT2D eigenvalue weighted by molar-refractivity contribution is 5.93. The van der Waals surface area contributed by atoms with Gasteiger partial charge < -0.3 is 15.2 Å². The van der Waals surface area contributed by atoms with Crippen LogP contribution in [0, 0.1) is 20.8 Å². The second-order valence-electron chi connectivity index (χ2n) is 6.60. The maximum absolute atomic E-state index is 12.6. The number of anilines is 1. The van der Waals surface area contributed by atoms with Gasteiger partial charge in [-0.25, -0.2) is 0 Å². The fraction of sp³-hybridized carbons (Fsp3) is 0.368. The van der Waals surface area contributed by atoms with Crippen molar-refractivity contribution in [3.05, 3.63) is 56.8 Å². The second kappa shape index (κ2) is 7.11. The minimum atomic E-state index is -0.337. The summed E-state index contributed by atoms with van der Waals surface area (Å²) in [6.07, 6.45) is 0.921. The Balaban J connectivity index is 1.74. The zero-order valence-corrected chi connectivity index (χ0v) is 15.2. The molecule has 3 rings (SSSR count). The van der Waals surface area contributed by atoms with Gasteiger partial charge in [0.15, 0.2) is 0 Å². The molecule has 2 N–H and O–H groups in total. The third-order valence-corrected chi connectivity index (χ3v) is 4.59. The number of aryl methyl sites for hydroxylation is 4. The van der Waals surface area contributed by atoms with Gasteiger partial charge in [-0.1, -0.05) is 6.07 Å². The van der Waals surface area contributed by atoms with Crippen LogP contribution in [0.25, 0.3) is 0 Å². The van der Waals surface area contributed by atoms with Crippen LogP contribution in [0.4, 0.5) is 5.69 Å². The summed E-state index contributed by atoms with van der Waals surface area (Å²) in [5.74, 6) is -0.436. The van der Waals surface area contributed by atoms with Gasteiger partial charge in [0.2, 0.25) is 11.8 Å². The van der Waals surface area contributed by atoms with E-state index >= 15 is 0 Å². The first-order valence-electron chi connectivity index (χ1n) is 8.58. The molecule has 2 aromatic heterocycles. The summed E-state index contributed by atoms with van der Waals surface area (Å²) in [6.45, 7) is 5.87. The summed E-state index contributed by atoms with van der Waals surface area (Å²) in [5, 5.41) is 5.45. The molecule has 0 bridgehead atoms. The topological polar surface area (TPSA) is 93.1 Å². The van der Waals surface area contributed by atoms with Gasteiger partial charge in [-0.2, -0.15) is 0 Å². The molecule has 0 saturated heterocycles. The van der Waals surface area contributed by atoms with E-state index in [1.165, 1.54) is 4.57 Å². The molecule has 1 aliphatic rings. The summed E-state index contributed by atoms with van der Waals surface area (Å²) in [6, 6.07) is 5.69. The van der Waals surface area contributed by atoms with Gasteiger partial charge in [0, 0.05) is 30.0 Å². The molecule has 26 heavy (non-hydrogen) atoms. The minimum absolute atomic E-state index is 0.0911. The Kier molecular flexibility index (Phi) is 4.88. The van der Waals surface area contributed by atoms with Crippen LogP contribution >= 0.6 is 0 Å². The Morgan fingerprint density at radius 3 is 2.73 bits per heavy atom. The fourth-order valence-electron chi connectivity index (χ4n) is 3.11.